The van der Waals surface area contributed by atoms with Gasteiger partial charge in [0, 0.05) is 12.3 Å². The molecule has 0 fully saturated rings. The first kappa shape index (κ1) is 17.1. The Morgan fingerprint density at radius 1 is 1.14 bits per heavy atom. The molecule has 0 saturated heterocycles. The number of carbonyl (C=O) groups is 2. The molecule has 21 heavy (non-hydrogen) atoms. The van der Waals surface area contributed by atoms with Gasteiger partial charge in [-0.05, 0) is 26.3 Å². The molecule has 0 spiro atoms. The normalized spacial score (nSPS) is 12.4. The van der Waals surface area contributed by atoms with Gasteiger partial charge in [0.25, 0.3) is 0 Å². The Hall–Kier alpha value is -1.97. The van der Waals surface area contributed by atoms with Crippen LogP contribution in [0.3, 0.4) is 0 Å². The summed E-state index contributed by atoms with van der Waals surface area (Å²) >= 11 is 0. The molecule has 1 aromatic rings. The number of ketones is 1. The van der Waals surface area contributed by atoms with Gasteiger partial charge in [-0.15, -0.1) is 0 Å². The molecule has 1 aromatic carbocycles. The van der Waals surface area contributed by atoms with Crippen LogP contribution in [0.15, 0.2) is 35.3 Å². The number of carbonyl (C=O) groups excluding carboxylic acids is 2. The van der Waals surface area contributed by atoms with Crippen molar-refractivity contribution in [1.29, 1.82) is 0 Å². The molecule has 0 bridgehead atoms. The van der Waals surface area contributed by atoms with E-state index < -0.39 is 11.7 Å². The minimum absolute atomic E-state index is 0.135. The van der Waals surface area contributed by atoms with Gasteiger partial charge in [0.15, 0.2) is 5.78 Å². The van der Waals surface area contributed by atoms with Gasteiger partial charge < -0.3 is 4.74 Å². The Balaban J connectivity index is 2.97. The molecule has 0 aromatic heterocycles. The number of hydrogen-bond acceptors (Lipinski definition) is 3. The number of Topliss-reactive ketones (excluding diaryl/α,β-unsaturated/α-hetero) is 1. The van der Waals surface area contributed by atoms with Crippen molar-refractivity contribution >= 4 is 17.6 Å². The number of rotatable bonds is 4. The summed E-state index contributed by atoms with van der Waals surface area (Å²) in [6.45, 7) is 8.88. The molecule has 0 aliphatic rings. The first-order valence-electron chi connectivity index (χ1n) is 7.07. The highest BCUT2D eigenvalue weighted by Crippen LogP contribution is 2.11. The zero-order valence-electron chi connectivity index (χ0n) is 13.3. The van der Waals surface area contributed by atoms with Crippen molar-refractivity contribution in [2.24, 2.45) is 10.9 Å². The van der Waals surface area contributed by atoms with E-state index in [1.54, 1.807) is 34.6 Å². The van der Waals surface area contributed by atoms with Gasteiger partial charge in [-0.2, -0.15) is 4.99 Å². The maximum absolute atomic E-state index is 12.2. The van der Waals surface area contributed by atoms with Crippen LogP contribution in [0.2, 0.25) is 0 Å². The molecule has 0 atom stereocenters. The molecular weight excluding hydrogens is 266 g/mol. The second-order valence-electron chi connectivity index (χ2n) is 6.22. The predicted octanol–water partition coefficient (Wildman–Crippen LogP) is 3.83. The molecule has 114 valence electrons. The number of benzene rings is 1. The summed E-state index contributed by atoms with van der Waals surface area (Å²) in [6.07, 6.45) is -0.390. The van der Waals surface area contributed by atoms with E-state index in [9.17, 15) is 9.59 Å². The van der Waals surface area contributed by atoms with Gasteiger partial charge in [-0.3, -0.25) is 4.79 Å². The molecule has 0 unspecified atom stereocenters. The van der Waals surface area contributed by atoms with Crippen molar-refractivity contribution in [1.82, 2.24) is 0 Å². The van der Waals surface area contributed by atoms with Crippen LogP contribution in [-0.2, 0) is 16.0 Å². The third-order valence-electron chi connectivity index (χ3n) is 2.64. The summed E-state index contributed by atoms with van der Waals surface area (Å²) in [4.78, 5) is 27.9. The first-order valence-corrected chi connectivity index (χ1v) is 7.07. The van der Waals surface area contributed by atoms with Crippen molar-refractivity contribution in [2.45, 2.75) is 46.6 Å². The van der Waals surface area contributed by atoms with Crippen molar-refractivity contribution in [3.8, 4) is 0 Å². The third kappa shape index (κ3) is 6.34. The molecule has 0 heterocycles. The molecule has 1 rings (SSSR count). The molecular formula is C17H23NO3. The molecule has 4 nitrogen and oxygen atoms in total. The number of amides is 1. The lowest BCUT2D eigenvalue weighted by molar-refractivity contribution is -0.115. The quantitative estimate of drug-likeness (QED) is 0.791. The molecule has 0 aliphatic heterocycles. The highest BCUT2D eigenvalue weighted by atomic mass is 16.6. The van der Waals surface area contributed by atoms with Crippen molar-refractivity contribution in [3.63, 3.8) is 0 Å². The maximum atomic E-state index is 12.2. The van der Waals surface area contributed by atoms with Crippen LogP contribution >= 0.6 is 0 Å². The van der Waals surface area contributed by atoms with E-state index in [0.717, 1.165) is 5.56 Å². The van der Waals surface area contributed by atoms with Crippen molar-refractivity contribution in [3.05, 3.63) is 35.9 Å². The lowest BCUT2D eigenvalue weighted by Crippen LogP contribution is -2.26. The van der Waals surface area contributed by atoms with Crippen LogP contribution < -0.4 is 0 Å². The van der Waals surface area contributed by atoms with E-state index in [1.165, 1.54) is 0 Å². The Labute approximate surface area is 126 Å². The van der Waals surface area contributed by atoms with Gasteiger partial charge in [0.2, 0.25) is 0 Å². The van der Waals surface area contributed by atoms with Crippen LogP contribution in [0.1, 0.15) is 40.2 Å². The Morgan fingerprint density at radius 3 is 2.19 bits per heavy atom. The largest absolute Gasteiger partial charge is 0.442 e. The minimum Gasteiger partial charge on any atom is -0.442 e. The monoisotopic (exact) mass is 289 g/mol. The van der Waals surface area contributed by atoms with Gasteiger partial charge in [-0.1, -0.05) is 44.2 Å². The van der Waals surface area contributed by atoms with Crippen molar-refractivity contribution in [2.75, 3.05) is 0 Å². The molecule has 0 N–H and O–H groups in total. The van der Waals surface area contributed by atoms with E-state index in [4.69, 9.17) is 4.74 Å². The van der Waals surface area contributed by atoms with E-state index in [1.807, 2.05) is 30.3 Å². The SMILES string of the molecule is CC(C)C(=O)C(Cc1ccccc1)=NC(=O)OC(C)(C)C. The fourth-order valence-electron chi connectivity index (χ4n) is 1.70. The molecule has 4 heteroatoms. The summed E-state index contributed by atoms with van der Waals surface area (Å²) in [5.74, 6) is -0.348. The second-order valence-corrected chi connectivity index (χ2v) is 6.22. The maximum Gasteiger partial charge on any atom is 0.434 e. The zero-order valence-corrected chi connectivity index (χ0v) is 13.3. The van der Waals surface area contributed by atoms with Crippen LogP contribution in [0, 0.1) is 5.92 Å². The highest BCUT2D eigenvalue weighted by Gasteiger charge is 2.20. The summed E-state index contributed by atoms with van der Waals surface area (Å²) in [5, 5.41) is 0. The fraction of sp³-hybridized carbons (Fsp3) is 0.471. The fourth-order valence-corrected chi connectivity index (χ4v) is 1.70. The van der Waals surface area contributed by atoms with Crippen molar-refractivity contribution < 1.29 is 14.3 Å². The second kappa shape index (κ2) is 7.16. The highest BCUT2D eigenvalue weighted by molar-refractivity contribution is 6.42. The van der Waals surface area contributed by atoms with Crippen LogP contribution in [0.4, 0.5) is 4.79 Å². The van der Waals surface area contributed by atoms with E-state index in [2.05, 4.69) is 4.99 Å². The number of hydrogen-bond donors (Lipinski definition) is 0. The number of ether oxygens (including phenoxy) is 1. The Bertz CT molecular complexity index is 525. The topological polar surface area (TPSA) is 55.7 Å². The van der Waals surface area contributed by atoms with Gasteiger partial charge in [0.05, 0.1) is 5.71 Å². The number of aliphatic imine (C=N–C) groups is 1. The first-order chi connectivity index (χ1) is 9.69. The third-order valence-corrected chi connectivity index (χ3v) is 2.64. The lowest BCUT2D eigenvalue weighted by atomic mass is 9.99. The Kier molecular flexibility index (Phi) is 5.82. The smallest absolute Gasteiger partial charge is 0.434 e. The zero-order chi connectivity index (χ0) is 16.0. The van der Waals surface area contributed by atoms with E-state index in [-0.39, 0.29) is 17.4 Å². The minimum atomic E-state index is -0.720. The summed E-state index contributed by atoms with van der Waals surface area (Å²) < 4.78 is 5.16. The molecule has 0 radical (unpaired) electrons. The van der Waals surface area contributed by atoms with Crippen LogP contribution in [-0.4, -0.2) is 23.2 Å². The van der Waals surface area contributed by atoms with Gasteiger partial charge >= 0.3 is 6.09 Å². The van der Waals surface area contributed by atoms with E-state index in [0.29, 0.717) is 6.42 Å². The molecule has 1 amide bonds. The van der Waals surface area contributed by atoms with E-state index >= 15 is 0 Å². The predicted molar refractivity (Wildman–Crippen MR) is 83.7 cm³/mol. The summed E-state index contributed by atoms with van der Waals surface area (Å²) in [5.41, 5.74) is 0.554. The summed E-state index contributed by atoms with van der Waals surface area (Å²) in [7, 11) is 0. The van der Waals surface area contributed by atoms with Crippen LogP contribution in [0.25, 0.3) is 0 Å². The molecule has 0 aliphatic carbocycles. The standard InChI is InChI=1S/C17H23NO3/c1-12(2)15(19)14(11-13-9-7-6-8-10-13)18-16(20)21-17(3,4)5/h6-10,12H,11H2,1-5H3. The van der Waals surface area contributed by atoms with Crippen LogP contribution in [0.5, 0.6) is 0 Å². The van der Waals surface area contributed by atoms with Gasteiger partial charge in [0.1, 0.15) is 5.60 Å². The Morgan fingerprint density at radius 2 is 1.71 bits per heavy atom. The van der Waals surface area contributed by atoms with Gasteiger partial charge in [-0.25, -0.2) is 4.79 Å². The lowest BCUT2D eigenvalue weighted by Gasteiger charge is -2.18. The number of nitrogens with zero attached hydrogens (tertiary/aromatic N) is 1. The average Bonchev–Trinajstić information content (AvgIpc) is 2.36. The average molecular weight is 289 g/mol. The molecule has 0 saturated carbocycles. The summed E-state index contributed by atoms with van der Waals surface area (Å²) in [6, 6.07) is 9.48.